The Kier molecular flexibility index (Phi) is 4.18. The second-order valence-electron chi connectivity index (χ2n) is 4.79. The van der Waals surface area contributed by atoms with Crippen LogP contribution >= 0.6 is 0 Å². The summed E-state index contributed by atoms with van der Waals surface area (Å²) < 4.78 is 16.0. The quantitative estimate of drug-likeness (QED) is 0.538. The average molecular weight is 240 g/mol. The molecule has 2 aliphatic carbocycles. The van der Waals surface area contributed by atoms with Crippen LogP contribution in [0.25, 0.3) is 0 Å². The highest BCUT2D eigenvalue weighted by Crippen LogP contribution is 2.43. The maximum atomic E-state index is 10.6. The normalized spacial score (nSPS) is 40.0. The highest BCUT2D eigenvalue weighted by Gasteiger charge is 2.45. The van der Waals surface area contributed by atoms with E-state index in [0.29, 0.717) is 24.9 Å². The molecule has 17 heavy (non-hydrogen) atoms. The molecule has 0 N–H and O–H groups in total. The third-order valence-electron chi connectivity index (χ3n) is 4.06. The standard InChI is InChI=1S/C13H20O4/c1-15-7-10-9-3-5-11(16-2)13(10)12(6-4-9)17-8-14/h4,6,8-13H,3,5,7H2,1-2H3/t9-,10+,11-,12+,13+/m0/s1. The van der Waals surface area contributed by atoms with Crippen molar-refractivity contribution in [3.8, 4) is 0 Å². The van der Waals surface area contributed by atoms with Crippen LogP contribution in [0.3, 0.4) is 0 Å². The van der Waals surface area contributed by atoms with E-state index in [9.17, 15) is 4.79 Å². The van der Waals surface area contributed by atoms with Crippen LogP contribution in [0.5, 0.6) is 0 Å². The third kappa shape index (κ3) is 2.38. The maximum Gasteiger partial charge on any atom is 0.293 e. The molecule has 2 rings (SSSR count). The predicted octanol–water partition coefficient (Wildman–Crippen LogP) is 1.40. The molecule has 0 saturated heterocycles. The number of carbonyl (C=O) groups is 1. The Morgan fingerprint density at radius 2 is 2.12 bits per heavy atom. The highest BCUT2D eigenvalue weighted by molar-refractivity contribution is 5.38. The molecule has 0 heterocycles. The molecule has 0 amide bonds. The molecule has 2 bridgehead atoms. The van der Waals surface area contributed by atoms with Crippen LogP contribution in [0.4, 0.5) is 0 Å². The fourth-order valence-electron chi connectivity index (χ4n) is 3.30. The summed E-state index contributed by atoms with van der Waals surface area (Å²) >= 11 is 0. The molecule has 0 aromatic carbocycles. The van der Waals surface area contributed by atoms with E-state index in [4.69, 9.17) is 14.2 Å². The van der Waals surface area contributed by atoms with Crippen LogP contribution in [-0.4, -0.2) is 39.5 Å². The SMILES string of the molecule is COC[C@H]1[C@@H]2[C@@H](OC)CC[C@H]1C=C[C@H]2OC=O. The Balaban J connectivity index is 2.21. The van der Waals surface area contributed by atoms with Crippen molar-refractivity contribution in [1.29, 1.82) is 0 Å². The molecule has 4 nitrogen and oxygen atoms in total. The van der Waals surface area contributed by atoms with Crippen LogP contribution in [0, 0.1) is 17.8 Å². The van der Waals surface area contributed by atoms with Gasteiger partial charge in [-0.1, -0.05) is 6.08 Å². The first-order chi connectivity index (χ1) is 8.31. The third-order valence-corrected chi connectivity index (χ3v) is 4.06. The summed E-state index contributed by atoms with van der Waals surface area (Å²) in [6.07, 6.45) is 6.29. The highest BCUT2D eigenvalue weighted by atomic mass is 16.5. The zero-order chi connectivity index (χ0) is 12.3. The van der Waals surface area contributed by atoms with Crippen molar-refractivity contribution in [2.24, 2.45) is 17.8 Å². The van der Waals surface area contributed by atoms with Crippen LogP contribution in [0.2, 0.25) is 0 Å². The maximum absolute atomic E-state index is 10.6. The molecule has 0 spiro atoms. The van der Waals surface area contributed by atoms with Crippen molar-refractivity contribution in [3.63, 3.8) is 0 Å². The van der Waals surface area contributed by atoms with Gasteiger partial charge in [0.2, 0.25) is 0 Å². The van der Waals surface area contributed by atoms with Gasteiger partial charge in [-0.25, -0.2) is 0 Å². The van der Waals surface area contributed by atoms with Gasteiger partial charge in [-0.2, -0.15) is 0 Å². The molecular formula is C13H20O4. The lowest BCUT2D eigenvalue weighted by atomic mass is 9.65. The van der Waals surface area contributed by atoms with Gasteiger partial charge in [0.05, 0.1) is 12.7 Å². The lowest BCUT2D eigenvalue weighted by molar-refractivity contribution is -0.144. The molecule has 0 radical (unpaired) electrons. The monoisotopic (exact) mass is 240 g/mol. The fourth-order valence-corrected chi connectivity index (χ4v) is 3.30. The Labute approximate surface area is 102 Å². The number of ether oxygens (including phenoxy) is 3. The summed E-state index contributed by atoms with van der Waals surface area (Å²) in [5.74, 6) is 1.13. The molecule has 0 unspecified atom stereocenters. The van der Waals surface area contributed by atoms with Gasteiger partial charge in [0.25, 0.3) is 6.47 Å². The Morgan fingerprint density at radius 1 is 1.29 bits per heavy atom. The fraction of sp³-hybridized carbons (Fsp3) is 0.769. The second kappa shape index (κ2) is 5.65. The van der Waals surface area contributed by atoms with Gasteiger partial charge in [0.1, 0.15) is 6.10 Å². The van der Waals surface area contributed by atoms with Gasteiger partial charge in [0.15, 0.2) is 0 Å². The van der Waals surface area contributed by atoms with E-state index in [0.717, 1.165) is 12.8 Å². The van der Waals surface area contributed by atoms with Gasteiger partial charge in [-0.05, 0) is 30.8 Å². The largest absolute Gasteiger partial charge is 0.460 e. The number of hydrogen-bond acceptors (Lipinski definition) is 4. The minimum absolute atomic E-state index is 0.154. The topological polar surface area (TPSA) is 44.8 Å². The van der Waals surface area contributed by atoms with Gasteiger partial charge in [-0.15, -0.1) is 0 Å². The Hall–Kier alpha value is -0.870. The van der Waals surface area contributed by atoms with Gasteiger partial charge >= 0.3 is 0 Å². The lowest BCUT2D eigenvalue weighted by Crippen LogP contribution is -2.49. The van der Waals surface area contributed by atoms with Gasteiger partial charge in [0, 0.05) is 20.1 Å². The van der Waals surface area contributed by atoms with Crippen LogP contribution < -0.4 is 0 Å². The van der Waals surface area contributed by atoms with Crippen LogP contribution in [0.15, 0.2) is 12.2 Å². The number of methoxy groups -OCH3 is 2. The number of allylic oxidation sites excluding steroid dienone is 1. The molecule has 0 aromatic heterocycles. The van der Waals surface area contributed by atoms with Crippen molar-refractivity contribution >= 4 is 6.47 Å². The number of rotatable bonds is 5. The first-order valence-electron chi connectivity index (χ1n) is 6.11. The van der Waals surface area contributed by atoms with E-state index in [-0.39, 0.29) is 18.1 Å². The van der Waals surface area contributed by atoms with Crippen molar-refractivity contribution in [1.82, 2.24) is 0 Å². The number of hydrogen-bond donors (Lipinski definition) is 0. The molecule has 2 aliphatic rings. The zero-order valence-electron chi connectivity index (χ0n) is 10.4. The first-order valence-corrected chi connectivity index (χ1v) is 6.11. The summed E-state index contributed by atoms with van der Waals surface area (Å²) in [5, 5.41) is 0. The molecule has 0 aliphatic heterocycles. The average Bonchev–Trinajstić information content (AvgIpc) is 2.33. The Morgan fingerprint density at radius 3 is 2.76 bits per heavy atom. The van der Waals surface area contributed by atoms with E-state index < -0.39 is 0 Å². The molecule has 1 saturated carbocycles. The zero-order valence-corrected chi connectivity index (χ0v) is 10.4. The Bertz CT molecular complexity index is 289. The van der Waals surface area contributed by atoms with E-state index in [1.165, 1.54) is 0 Å². The molecule has 4 heteroatoms. The van der Waals surface area contributed by atoms with Crippen molar-refractivity contribution in [2.45, 2.75) is 25.0 Å². The van der Waals surface area contributed by atoms with Crippen molar-refractivity contribution in [3.05, 3.63) is 12.2 Å². The van der Waals surface area contributed by atoms with Gasteiger partial charge < -0.3 is 14.2 Å². The van der Waals surface area contributed by atoms with E-state index in [1.807, 2.05) is 6.08 Å². The predicted molar refractivity (Wildman–Crippen MR) is 62.5 cm³/mol. The molecule has 0 aromatic rings. The first kappa shape index (κ1) is 12.6. The van der Waals surface area contributed by atoms with Crippen LogP contribution in [0.1, 0.15) is 12.8 Å². The summed E-state index contributed by atoms with van der Waals surface area (Å²) in [4.78, 5) is 10.6. The lowest BCUT2D eigenvalue weighted by Gasteiger charge is -2.46. The molecule has 5 atom stereocenters. The van der Waals surface area contributed by atoms with Crippen molar-refractivity contribution < 1.29 is 19.0 Å². The van der Waals surface area contributed by atoms with E-state index in [1.54, 1.807) is 14.2 Å². The summed E-state index contributed by atoms with van der Waals surface area (Å²) in [5.41, 5.74) is 0. The minimum atomic E-state index is -0.172. The number of carbonyl (C=O) groups excluding carboxylic acids is 1. The van der Waals surface area contributed by atoms with E-state index in [2.05, 4.69) is 6.08 Å². The number of fused-ring (bicyclic) bond motifs is 2. The summed E-state index contributed by atoms with van der Waals surface area (Å²) in [7, 11) is 3.44. The summed E-state index contributed by atoms with van der Waals surface area (Å²) in [6, 6.07) is 0. The smallest absolute Gasteiger partial charge is 0.293 e. The van der Waals surface area contributed by atoms with Gasteiger partial charge in [-0.3, -0.25) is 4.79 Å². The minimum Gasteiger partial charge on any atom is -0.460 e. The molecular weight excluding hydrogens is 220 g/mol. The molecule has 96 valence electrons. The van der Waals surface area contributed by atoms with Crippen LogP contribution in [-0.2, 0) is 19.0 Å². The second-order valence-corrected chi connectivity index (χ2v) is 4.79. The van der Waals surface area contributed by atoms with Crippen molar-refractivity contribution in [2.75, 3.05) is 20.8 Å². The summed E-state index contributed by atoms with van der Waals surface area (Å²) in [6.45, 7) is 1.22. The van der Waals surface area contributed by atoms with E-state index >= 15 is 0 Å². The molecule has 1 fully saturated rings.